The minimum absolute atomic E-state index is 0.0923. The Morgan fingerprint density at radius 2 is 1.14 bits per heavy atom. The van der Waals surface area contributed by atoms with Crippen LogP contribution in [0, 0.1) is 17.2 Å². The lowest BCUT2D eigenvalue weighted by atomic mass is 9.93. The van der Waals surface area contributed by atoms with Crippen molar-refractivity contribution in [3.05, 3.63) is 181 Å². The Balaban J connectivity index is 1.16. The van der Waals surface area contributed by atoms with Crippen LogP contribution in [0.15, 0.2) is 170 Å². The van der Waals surface area contributed by atoms with Gasteiger partial charge in [-0.25, -0.2) is 19.9 Å². The second-order valence-electron chi connectivity index (χ2n) is 15.4. The molecule has 0 spiro atoms. The van der Waals surface area contributed by atoms with Gasteiger partial charge < -0.3 is 0 Å². The number of hydrogen-bond donors (Lipinski definition) is 0. The smallest absolute Gasteiger partial charge is 0.164 e. The predicted octanol–water partition coefficient (Wildman–Crippen LogP) is 12.3. The van der Waals surface area contributed by atoms with Gasteiger partial charge in [0.2, 0.25) is 0 Å². The molecule has 274 valence electrons. The van der Waals surface area contributed by atoms with Crippen LogP contribution < -0.4 is 0 Å². The van der Waals surface area contributed by atoms with Crippen LogP contribution in [0.3, 0.4) is 0 Å². The third-order valence-electron chi connectivity index (χ3n) is 10.4. The molecule has 6 heteroatoms. The Morgan fingerprint density at radius 3 is 1.88 bits per heavy atom. The van der Waals surface area contributed by atoms with Gasteiger partial charge in [-0.2, -0.15) is 5.26 Å². The molecular formula is C51H40N6. The summed E-state index contributed by atoms with van der Waals surface area (Å²) in [6.45, 7) is 6.65. The summed E-state index contributed by atoms with van der Waals surface area (Å²) in [4.78, 5) is 20.5. The highest BCUT2D eigenvalue weighted by Gasteiger charge is 2.25. The summed E-state index contributed by atoms with van der Waals surface area (Å²) in [5.74, 6) is 2.72. The van der Waals surface area contributed by atoms with Gasteiger partial charge in [-0.3, -0.25) is 4.57 Å². The lowest BCUT2D eigenvalue weighted by Crippen LogP contribution is -2.18. The minimum atomic E-state index is -0.178. The molecule has 57 heavy (non-hydrogen) atoms. The minimum Gasteiger partial charge on any atom is -0.295 e. The highest BCUT2D eigenvalue weighted by atomic mass is 15.1. The molecule has 1 aliphatic rings. The number of benzene rings is 6. The largest absolute Gasteiger partial charge is 0.295 e. The first-order chi connectivity index (χ1) is 27.8. The zero-order chi connectivity index (χ0) is 38.9. The molecule has 6 aromatic carbocycles. The van der Waals surface area contributed by atoms with Gasteiger partial charge in [-0.15, -0.1) is 0 Å². The van der Waals surface area contributed by atoms with E-state index in [0.29, 0.717) is 23.9 Å². The number of nitriles is 1. The Morgan fingerprint density at radius 1 is 0.561 bits per heavy atom. The molecule has 1 unspecified atom stereocenters. The van der Waals surface area contributed by atoms with Crippen molar-refractivity contribution in [1.29, 1.82) is 5.26 Å². The van der Waals surface area contributed by atoms with E-state index >= 15 is 0 Å². The van der Waals surface area contributed by atoms with Crippen molar-refractivity contribution in [1.82, 2.24) is 24.5 Å². The number of aromatic nitrogens is 5. The van der Waals surface area contributed by atoms with Crippen LogP contribution in [0.2, 0.25) is 0 Å². The van der Waals surface area contributed by atoms with E-state index in [0.717, 1.165) is 72.6 Å². The molecule has 0 saturated carbocycles. The predicted molar refractivity (Wildman–Crippen MR) is 231 cm³/mol. The van der Waals surface area contributed by atoms with Crippen molar-refractivity contribution in [2.24, 2.45) is 5.92 Å². The topological polar surface area (TPSA) is 80.3 Å². The summed E-state index contributed by atoms with van der Waals surface area (Å²) in [6, 6.07) is 54.7. The third kappa shape index (κ3) is 6.96. The first-order valence-corrected chi connectivity index (χ1v) is 19.3. The number of rotatable bonds is 7. The lowest BCUT2D eigenvalue weighted by molar-refractivity contribution is 0.539. The van der Waals surface area contributed by atoms with E-state index in [-0.39, 0.29) is 11.3 Å². The first kappa shape index (κ1) is 35.5. The van der Waals surface area contributed by atoms with Crippen molar-refractivity contribution >= 4 is 16.6 Å². The van der Waals surface area contributed by atoms with Crippen LogP contribution in [-0.2, 0) is 5.41 Å². The maximum Gasteiger partial charge on any atom is 0.164 e. The third-order valence-corrected chi connectivity index (χ3v) is 10.4. The molecule has 0 bridgehead atoms. The van der Waals surface area contributed by atoms with Crippen LogP contribution in [-0.4, -0.2) is 24.5 Å². The number of hydrogen-bond acceptors (Lipinski definition) is 5. The second-order valence-corrected chi connectivity index (χ2v) is 15.4. The molecule has 8 aromatic rings. The summed E-state index contributed by atoms with van der Waals surface area (Å²) in [5.41, 5.74) is 12.1. The first-order valence-electron chi connectivity index (χ1n) is 19.3. The Kier molecular flexibility index (Phi) is 9.20. The van der Waals surface area contributed by atoms with Gasteiger partial charge in [0.15, 0.2) is 17.5 Å². The van der Waals surface area contributed by atoms with E-state index in [1.54, 1.807) is 0 Å². The van der Waals surface area contributed by atoms with E-state index in [9.17, 15) is 5.26 Å². The SMILES string of the molecule is CC(C)(C)c1nc2ccccc2n1-c1ccccc1-c1cccc(-c2ccccc2-c2nc(-c3ccccc3)nc(-c3cccc(C4=CCC(C#N)C=C4)c3)n2)c1. The molecule has 0 radical (unpaired) electrons. The van der Waals surface area contributed by atoms with Crippen LogP contribution in [0.1, 0.15) is 38.6 Å². The van der Waals surface area contributed by atoms with Gasteiger partial charge in [0, 0.05) is 27.7 Å². The normalized spacial score (nSPS) is 14.0. The zero-order valence-corrected chi connectivity index (χ0v) is 32.1. The molecule has 9 rings (SSSR count). The number of nitrogens with zero attached hydrogens (tertiary/aromatic N) is 6. The van der Waals surface area contributed by atoms with Gasteiger partial charge in [0.05, 0.1) is 28.7 Å². The Hall–Kier alpha value is -7.23. The number of fused-ring (bicyclic) bond motifs is 1. The van der Waals surface area contributed by atoms with Gasteiger partial charge in [0.1, 0.15) is 5.82 Å². The van der Waals surface area contributed by atoms with Crippen LogP contribution in [0.5, 0.6) is 0 Å². The summed E-state index contributed by atoms with van der Waals surface area (Å²) in [5, 5.41) is 9.39. The van der Waals surface area contributed by atoms with E-state index in [2.05, 4.69) is 135 Å². The van der Waals surface area contributed by atoms with Gasteiger partial charge in [0.25, 0.3) is 0 Å². The fourth-order valence-electron chi connectivity index (χ4n) is 7.58. The Labute approximate surface area is 333 Å². The zero-order valence-electron chi connectivity index (χ0n) is 32.1. The molecule has 2 aromatic heterocycles. The van der Waals surface area contributed by atoms with Crippen LogP contribution in [0.4, 0.5) is 0 Å². The van der Waals surface area contributed by atoms with E-state index < -0.39 is 0 Å². The number of imidazole rings is 1. The average Bonchev–Trinajstić information content (AvgIpc) is 3.67. The summed E-state index contributed by atoms with van der Waals surface area (Å²) >= 11 is 0. The van der Waals surface area contributed by atoms with Crippen molar-refractivity contribution in [3.63, 3.8) is 0 Å². The maximum atomic E-state index is 9.39. The molecule has 1 aliphatic carbocycles. The van der Waals surface area contributed by atoms with Crippen molar-refractivity contribution in [2.45, 2.75) is 32.6 Å². The molecule has 0 saturated heterocycles. The monoisotopic (exact) mass is 736 g/mol. The maximum absolute atomic E-state index is 9.39. The van der Waals surface area contributed by atoms with Crippen LogP contribution >= 0.6 is 0 Å². The van der Waals surface area contributed by atoms with Gasteiger partial charge in [-0.05, 0) is 64.6 Å². The molecule has 1 atom stereocenters. The fraction of sp³-hybridized carbons (Fsp3) is 0.118. The molecular weight excluding hydrogens is 697 g/mol. The Bertz CT molecular complexity index is 2890. The standard InChI is InChI=1S/C51H40N6/c1-51(2,3)50-53-44-24-10-12-26-46(44)57(50)45-25-11-9-22-42(45)39-19-14-18-38(32-39)41-21-7-8-23-43(41)49-55-47(36-15-5-4-6-16-36)54-48(56-49)40-20-13-17-37(31-40)35-29-27-34(33-52)28-30-35/h4-27,29-32,34H,28H2,1-3H3. The molecule has 0 aliphatic heterocycles. The number of allylic oxidation sites excluding steroid dienone is 4. The summed E-state index contributed by atoms with van der Waals surface area (Å²) in [6.07, 6.45) is 6.84. The van der Waals surface area contributed by atoms with Crippen molar-refractivity contribution in [2.75, 3.05) is 0 Å². The van der Waals surface area contributed by atoms with Crippen molar-refractivity contribution in [3.8, 4) is 68.2 Å². The average molecular weight is 737 g/mol. The number of para-hydroxylation sites is 3. The van der Waals surface area contributed by atoms with Crippen molar-refractivity contribution < 1.29 is 0 Å². The molecule has 0 amide bonds. The van der Waals surface area contributed by atoms with Gasteiger partial charge >= 0.3 is 0 Å². The summed E-state index contributed by atoms with van der Waals surface area (Å²) < 4.78 is 2.32. The van der Waals surface area contributed by atoms with Gasteiger partial charge in [-0.1, -0.05) is 160 Å². The van der Waals surface area contributed by atoms with E-state index in [1.165, 1.54) is 0 Å². The molecule has 0 fully saturated rings. The highest BCUT2D eigenvalue weighted by Crippen LogP contribution is 2.38. The lowest BCUT2D eigenvalue weighted by Gasteiger charge is -2.22. The van der Waals surface area contributed by atoms with E-state index in [1.807, 2.05) is 66.7 Å². The summed E-state index contributed by atoms with van der Waals surface area (Å²) in [7, 11) is 0. The molecule has 0 N–H and O–H groups in total. The molecule has 6 nitrogen and oxygen atoms in total. The van der Waals surface area contributed by atoms with Crippen LogP contribution in [0.25, 0.3) is 78.7 Å². The highest BCUT2D eigenvalue weighted by molar-refractivity contribution is 5.87. The second kappa shape index (κ2) is 14.8. The van der Waals surface area contributed by atoms with E-state index in [4.69, 9.17) is 19.9 Å². The molecule has 2 heterocycles. The fourth-order valence-corrected chi connectivity index (χ4v) is 7.58. The quantitative estimate of drug-likeness (QED) is 0.163.